The maximum Gasteiger partial charge on any atom is 0.305 e. The van der Waals surface area contributed by atoms with Crippen molar-refractivity contribution in [2.45, 2.75) is 18.6 Å². The van der Waals surface area contributed by atoms with Crippen LogP contribution < -0.4 is 5.32 Å². The highest BCUT2D eigenvalue weighted by Crippen LogP contribution is 2.21. The fourth-order valence-corrected chi connectivity index (χ4v) is 1.48. The van der Waals surface area contributed by atoms with E-state index in [0.717, 1.165) is 12.1 Å². The van der Waals surface area contributed by atoms with Crippen LogP contribution in [-0.2, 0) is 0 Å². The molecule has 104 valence electrons. The molecule has 0 aliphatic heterocycles. The van der Waals surface area contributed by atoms with Gasteiger partial charge in [-0.15, -0.1) is 0 Å². The van der Waals surface area contributed by atoms with Crippen LogP contribution in [0.15, 0.2) is 18.2 Å². The van der Waals surface area contributed by atoms with E-state index in [2.05, 4.69) is 5.32 Å². The summed E-state index contributed by atoms with van der Waals surface area (Å²) in [5, 5.41) is 13.3. The molecule has 0 radical (unpaired) electrons. The Bertz CT molecular complexity index is 506. The van der Waals surface area contributed by atoms with E-state index in [-0.39, 0.29) is 10.3 Å². The molecular weight excluding hydrogens is 271 g/mol. The van der Waals surface area contributed by atoms with Crippen LogP contribution in [0.2, 0.25) is 0 Å². The number of amides is 1. The van der Waals surface area contributed by atoms with Gasteiger partial charge in [-0.05, 0) is 32.2 Å². The van der Waals surface area contributed by atoms with Gasteiger partial charge in [0.15, 0.2) is 0 Å². The number of nitro groups is 1. The van der Waals surface area contributed by atoms with Gasteiger partial charge in [-0.25, -0.2) is 0 Å². The van der Waals surface area contributed by atoms with Crippen molar-refractivity contribution in [2.75, 3.05) is 12.8 Å². The first-order valence-electron chi connectivity index (χ1n) is 5.54. The lowest BCUT2D eigenvalue weighted by atomic mass is 10.1. The first kappa shape index (κ1) is 15.4. The molecule has 0 heterocycles. The molecule has 5 nitrogen and oxygen atoms in total. The Morgan fingerprint density at radius 1 is 1.53 bits per heavy atom. The molecule has 0 saturated carbocycles. The van der Waals surface area contributed by atoms with Crippen LogP contribution in [0.3, 0.4) is 0 Å². The van der Waals surface area contributed by atoms with Crippen LogP contribution in [0.4, 0.5) is 10.1 Å². The highest BCUT2D eigenvalue weighted by atomic mass is 32.2. The first-order chi connectivity index (χ1) is 8.76. The molecule has 0 aliphatic rings. The van der Waals surface area contributed by atoms with E-state index < -0.39 is 22.3 Å². The summed E-state index contributed by atoms with van der Waals surface area (Å²) in [5.41, 5.74) is -0.623. The largest absolute Gasteiger partial charge is 0.351 e. The topological polar surface area (TPSA) is 72.2 Å². The van der Waals surface area contributed by atoms with Crippen molar-refractivity contribution in [3.8, 4) is 0 Å². The Labute approximate surface area is 114 Å². The summed E-state index contributed by atoms with van der Waals surface area (Å²) in [6, 6.07) is 3.09. The summed E-state index contributed by atoms with van der Waals surface area (Å²) in [6.07, 6.45) is 1.93. The summed E-state index contributed by atoms with van der Waals surface area (Å²) >= 11 is 1.59. The summed E-state index contributed by atoms with van der Waals surface area (Å²) in [7, 11) is 0. The standard InChI is InChI=1S/C12H15FN2O3S/c1-12(2,19-3)7-14-11(16)8-4-5-9(13)10(6-8)15(17)18/h4-6H,7H2,1-3H3,(H,14,16). The normalized spacial score (nSPS) is 11.2. The van der Waals surface area contributed by atoms with E-state index in [1.165, 1.54) is 6.07 Å². The van der Waals surface area contributed by atoms with Crippen LogP contribution in [0, 0.1) is 15.9 Å². The molecule has 1 N–H and O–H groups in total. The number of rotatable bonds is 5. The van der Waals surface area contributed by atoms with E-state index in [1.54, 1.807) is 11.8 Å². The third-order valence-corrected chi connectivity index (χ3v) is 3.88. The van der Waals surface area contributed by atoms with Gasteiger partial charge in [0.25, 0.3) is 5.91 Å². The summed E-state index contributed by atoms with van der Waals surface area (Å²) < 4.78 is 13.0. The van der Waals surface area contributed by atoms with Gasteiger partial charge in [0.05, 0.1) is 4.92 Å². The zero-order chi connectivity index (χ0) is 14.6. The summed E-state index contributed by atoms with van der Waals surface area (Å²) in [6.45, 7) is 4.34. The second-order valence-corrected chi connectivity index (χ2v) is 6.08. The Hall–Kier alpha value is -1.63. The molecule has 1 aromatic carbocycles. The van der Waals surface area contributed by atoms with E-state index in [0.29, 0.717) is 6.54 Å². The lowest BCUT2D eigenvalue weighted by molar-refractivity contribution is -0.387. The predicted molar refractivity (Wildman–Crippen MR) is 73.0 cm³/mol. The lowest BCUT2D eigenvalue weighted by Gasteiger charge is -2.22. The van der Waals surface area contributed by atoms with E-state index in [1.807, 2.05) is 20.1 Å². The number of carbonyl (C=O) groups is 1. The van der Waals surface area contributed by atoms with Gasteiger partial charge in [-0.3, -0.25) is 14.9 Å². The number of benzene rings is 1. The summed E-state index contributed by atoms with van der Waals surface area (Å²) in [4.78, 5) is 21.6. The number of hydrogen-bond donors (Lipinski definition) is 1. The SMILES string of the molecule is CSC(C)(C)CNC(=O)c1ccc(F)c([N+](=O)[O-])c1. The van der Waals surface area contributed by atoms with E-state index in [9.17, 15) is 19.3 Å². The first-order valence-corrected chi connectivity index (χ1v) is 6.76. The molecule has 0 bridgehead atoms. The Morgan fingerprint density at radius 3 is 2.68 bits per heavy atom. The molecule has 1 amide bonds. The van der Waals surface area contributed by atoms with Crippen molar-refractivity contribution in [3.05, 3.63) is 39.7 Å². The Balaban J connectivity index is 2.84. The molecule has 7 heteroatoms. The van der Waals surface area contributed by atoms with E-state index >= 15 is 0 Å². The number of hydrogen-bond acceptors (Lipinski definition) is 4. The number of nitro benzene ring substituents is 1. The van der Waals surface area contributed by atoms with Crippen LogP contribution in [0.5, 0.6) is 0 Å². The lowest BCUT2D eigenvalue weighted by Crippen LogP contribution is -2.36. The second kappa shape index (κ2) is 6.01. The van der Waals surface area contributed by atoms with Crippen LogP contribution in [0.25, 0.3) is 0 Å². The van der Waals surface area contributed by atoms with Gasteiger partial charge in [0.2, 0.25) is 5.82 Å². The monoisotopic (exact) mass is 286 g/mol. The van der Waals surface area contributed by atoms with Crippen molar-refractivity contribution in [3.63, 3.8) is 0 Å². The van der Waals surface area contributed by atoms with Gasteiger partial charge >= 0.3 is 5.69 Å². The van der Waals surface area contributed by atoms with Gasteiger partial charge in [0.1, 0.15) is 0 Å². The maximum atomic E-state index is 13.1. The third-order valence-electron chi connectivity index (χ3n) is 2.63. The zero-order valence-corrected chi connectivity index (χ0v) is 11.7. The van der Waals surface area contributed by atoms with Gasteiger partial charge in [-0.2, -0.15) is 16.2 Å². The smallest absolute Gasteiger partial charge is 0.305 e. The molecule has 0 spiro atoms. The number of thioether (sulfide) groups is 1. The molecule has 0 aromatic heterocycles. The third kappa shape index (κ3) is 4.20. The molecule has 0 fully saturated rings. The summed E-state index contributed by atoms with van der Waals surface area (Å²) in [5.74, 6) is -1.41. The fourth-order valence-electron chi connectivity index (χ4n) is 1.26. The molecule has 0 aliphatic carbocycles. The van der Waals surface area contributed by atoms with Gasteiger partial charge in [0, 0.05) is 22.9 Å². The molecular formula is C12H15FN2O3S. The molecule has 1 aromatic rings. The average Bonchev–Trinajstić information content (AvgIpc) is 2.36. The second-order valence-electron chi connectivity index (χ2n) is 4.57. The molecule has 0 unspecified atom stereocenters. The number of nitrogens with one attached hydrogen (secondary N) is 1. The quantitative estimate of drug-likeness (QED) is 0.667. The van der Waals surface area contributed by atoms with Crippen molar-refractivity contribution in [1.29, 1.82) is 0 Å². The Kier molecular flexibility index (Phi) is 4.88. The maximum absolute atomic E-state index is 13.1. The minimum Gasteiger partial charge on any atom is -0.351 e. The van der Waals surface area contributed by atoms with Crippen LogP contribution >= 0.6 is 11.8 Å². The van der Waals surface area contributed by atoms with Crippen molar-refractivity contribution in [2.24, 2.45) is 0 Å². The highest BCUT2D eigenvalue weighted by Gasteiger charge is 2.20. The van der Waals surface area contributed by atoms with Crippen molar-refractivity contribution in [1.82, 2.24) is 5.32 Å². The van der Waals surface area contributed by atoms with Crippen molar-refractivity contribution < 1.29 is 14.1 Å². The minimum atomic E-state index is -0.953. The number of halogens is 1. The van der Waals surface area contributed by atoms with Crippen LogP contribution in [-0.4, -0.2) is 28.4 Å². The molecule has 0 saturated heterocycles. The molecule has 19 heavy (non-hydrogen) atoms. The number of nitrogens with zero attached hydrogens (tertiary/aromatic N) is 1. The fraction of sp³-hybridized carbons (Fsp3) is 0.417. The zero-order valence-electron chi connectivity index (χ0n) is 10.9. The Morgan fingerprint density at radius 2 is 2.16 bits per heavy atom. The number of carbonyl (C=O) groups excluding carboxylic acids is 1. The van der Waals surface area contributed by atoms with Crippen molar-refractivity contribution >= 4 is 23.4 Å². The highest BCUT2D eigenvalue weighted by molar-refractivity contribution is 7.99. The predicted octanol–water partition coefficient (Wildman–Crippen LogP) is 2.61. The molecule has 0 atom stereocenters. The average molecular weight is 286 g/mol. The molecule has 1 rings (SSSR count). The van der Waals surface area contributed by atoms with Gasteiger partial charge in [-0.1, -0.05) is 0 Å². The van der Waals surface area contributed by atoms with Gasteiger partial charge < -0.3 is 5.32 Å². The van der Waals surface area contributed by atoms with Crippen LogP contribution in [0.1, 0.15) is 24.2 Å². The van der Waals surface area contributed by atoms with E-state index in [4.69, 9.17) is 0 Å². The minimum absolute atomic E-state index is 0.0741.